The lowest BCUT2D eigenvalue weighted by atomic mass is 9.89. The van der Waals surface area contributed by atoms with Crippen LogP contribution in [-0.4, -0.2) is 17.5 Å². The van der Waals surface area contributed by atoms with Crippen LogP contribution >= 0.6 is 0 Å². The number of hydrogen-bond donors (Lipinski definition) is 0. The first kappa shape index (κ1) is 21.6. The van der Waals surface area contributed by atoms with Crippen LogP contribution in [0.1, 0.15) is 64.2 Å². The molecular weight excluding hydrogens is 330 g/mol. The summed E-state index contributed by atoms with van der Waals surface area (Å²) < 4.78 is 5.39. The van der Waals surface area contributed by atoms with E-state index in [4.69, 9.17) is 4.74 Å². The molecule has 0 aromatic heterocycles. The van der Waals surface area contributed by atoms with Crippen molar-refractivity contribution in [1.82, 2.24) is 0 Å². The minimum atomic E-state index is -0.496. The Kier molecular flexibility index (Phi) is 8.23. The number of ether oxygens (including phenoxy) is 1. The molecule has 26 heavy (non-hydrogen) atoms. The van der Waals surface area contributed by atoms with Gasteiger partial charge in [0, 0.05) is 17.5 Å². The second-order valence-electron chi connectivity index (χ2n) is 7.62. The average molecular weight is 359 g/mol. The number of carbonyl (C=O) groups excluding carboxylic acids is 1. The molecular formula is C21H29NO4. The van der Waals surface area contributed by atoms with E-state index in [0.717, 1.165) is 19.3 Å². The van der Waals surface area contributed by atoms with E-state index in [1.54, 1.807) is 0 Å². The van der Waals surface area contributed by atoms with Crippen LogP contribution in [0.5, 0.6) is 0 Å². The van der Waals surface area contributed by atoms with E-state index in [9.17, 15) is 14.9 Å². The molecule has 0 aliphatic carbocycles. The molecule has 0 heterocycles. The summed E-state index contributed by atoms with van der Waals surface area (Å²) in [6, 6.07) is 5.45. The largest absolute Gasteiger partial charge is 0.462 e. The van der Waals surface area contributed by atoms with E-state index in [0.29, 0.717) is 12.2 Å². The Morgan fingerprint density at radius 1 is 1.15 bits per heavy atom. The van der Waals surface area contributed by atoms with Gasteiger partial charge in [-0.2, -0.15) is 0 Å². The van der Waals surface area contributed by atoms with Crippen molar-refractivity contribution in [2.24, 2.45) is 5.41 Å². The number of carbonyl (C=O) groups is 1. The molecule has 0 fully saturated rings. The molecule has 0 bridgehead atoms. The molecule has 0 spiro atoms. The highest BCUT2D eigenvalue weighted by Crippen LogP contribution is 2.24. The molecule has 1 rings (SSSR count). The SMILES string of the molecule is CC(C)=CCCC(C)=CCC(C)(C)COC(=O)c1ccc([N+](=O)[O-])cc1. The third kappa shape index (κ3) is 8.10. The highest BCUT2D eigenvalue weighted by atomic mass is 16.6. The molecule has 0 amide bonds. The number of esters is 1. The van der Waals surface area contributed by atoms with Crippen LogP contribution in [0.4, 0.5) is 5.69 Å². The second-order valence-corrected chi connectivity index (χ2v) is 7.62. The Bertz CT molecular complexity index is 680. The van der Waals surface area contributed by atoms with Crippen molar-refractivity contribution in [3.05, 3.63) is 63.2 Å². The van der Waals surface area contributed by atoms with Crippen molar-refractivity contribution < 1.29 is 14.5 Å². The zero-order valence-corrected chi connectivity index (χ0v) is 16.4. The topological polar surface area (TPSA) is 69.4 Å². The van der Waals surface area contributed by atoms with Gasteiger partial charge in [0.1, 0.15) is 0 Å². The monoisotopic (exact) mass is 359 g/mol. The van der Waals surface area contributed by atoms with Crippen LogP contribution in [0.15, 0.2) is 47.6 Å². The quantitative estimate of drug-likeness (QED) is 0.240. The summed E-state index contributed by atoms with van der Waals surface area (Å²) in [6.45, 7) is 10.7. The minimum Gasteiger partial charge on any atom is -0.462 e. The summed E-state index contributed by atoms with van der Waals surface area (Å²) >= 11 is 0. The van der Waals surface area contributed by atoms with E-state index in [1.165, 1.54) is 35.4 Å². The summed E-state index contributed by atoms with van der Waals surface area (Å²) in [5.74, 6) is -0.461. The predicted molar refractivity (Wildman–Crippen MR) is 104 cm³/mol. The van der Waals surface area contributed by atoms with Crippen LogP contribution in [0.2, 0.25) is 0 Å². The van der Waals surface area contributed by atoms with E-state index >= 15 is 0 Å². The first-order valence-corrected chi connectivity index (χ1v) is 8.81. The Morgan fingerprint density at radius 3 is 2.31 bits per heavy atom. The molecule has 0 unspecified atom stereocenters. The van der Waals surface area contributed by atoms with Crippen molar-refractivity contribution >= 4 is 11.7 Å². The van der Waals surface area contributed by atoms with Crippen molar-refractivity contribution in [2.45, 2.75) is 53.9 Å². The summed E-state index contributed by atoms with van der Waals surface area (Å²) in [7, 11) is 0. The predicted octanol–water partition coefficient (Wildman–Crippen LogP) is 5.86. The molecule has 0 atom stereocenters. The number of hydrogen-bond acceptors (Lipinski definition) is 4. The third-order valence-electron chi connectivity index (χ3n) is 4.00. The van der Waals surface area contributed by atoms with Gasteiger partial charge in [-0.25, -0.2) is 4.79 Å². The second kappa shape index (κ2) is 9.90. The maximum atomic E-state index is 12.1. The first-order valence-electron chi connectivity index (χ1n) is 8.81. The van der Waals surface area contributed by atoms with Gasteiger partial charge in [-0.3, -0.25) is 10.1 Å². The fourth-order valence-electron chi connectivity index (χ4n) is 2.26. The van der Waals surface area contributed by atoms with Crippen molar-refractivity contribution in [3.8, 4) is 0 Å². The average Bonchev–Trinajstić information content (AvgIpc) is 2.58. The highest BCUT2D eigenvalue weighted by Gasteiger charge is 2.20. The fraction of sp³-hybridized carbons (Fsp3) is 0.476. The van der Waals surface area contributed by atoms with Crippen LogP contribution < -0.4 is 0 Å². The number of rotatable bonds is 9. The number of nitro benzene ring substituents is 1. The van der Waals surface area contributed by atoms with Crippen LogP contribution in [0, 0.1) is 15.5 Å². The normalized spacial score (nSPS) is 11.8. The van der Waals surface area contributed by atoms with Gasteiger partial charge >= 0.3 is 5.97 Å². The van der Waals surface area contributed by atoms with Crippen LogP contribution in [0.3, 0.4) is 0 Å². The molecule has 0 saturated carbocycles. The maximum absolute atomic E-state index is 12.1. The van der Waals surface area contributed by atoms with Gasteiger partial charge in [-0.15, -0.1) is 0 Å². The number of non-ortho nitro benzene ring substituents is 1. The number of nitro groups is 1. The smallest absolute Gasteiger partial charge is 0.338 e. The third-order valence-corrected chi connectivity index (χ3v) is 4.00. The van der Waals surface area contributed by atoms with E-state index in [-0.39, 0.29) is 11.1 Å². The Hall–Kier alpha value is -2.43. The van der Waals surface area contributed by atoms with E-state index < -0.39 is 10.9 Å². The van der Waals surface area contributed by atoms with Gasteiger partial charge < -0.3 is 4.74 Å². The van der Waals surface area contributed by atoms with Gasteiger partial charge in [0.2, 0.25) is 0 Å². The number of nitrogens with zero attached hydrogens (tertiary/aromatic N) is 1. The molecule has 142 valence electrons. The zero-order valence-electron chi connectivity index (χ0n) is 16.4. The van der Waals surface area contributed by atoms with Crippen molar-refractivity contribution in [3.63, 3.8) is 0 Å². The van der Waals surface area contributed by atoms with Crippen LogP contribution in [0.25, 0.3) is 0 Å². The fourth-order valence-corrected chi connectivity index (χ4v) is 2.26. The summed E-state index contributed by atoms with van der Waals surface area (Å²) in [5.41, 5.74) is 2.76. The van der Waals surface area contributed by atoms with Crippen molar-refractivity contribution in [2.75, 3.05) is 6.61 Å². The summed E-state index contributed by atoms with van der Waals surface area (Å²) in [5, 5.41) is 10.6. The van der Waals surface area contributed by atoms with Gasteiger partial charge in [-0.1, -0.05) is 37.1 Å². The van der Waals surface area contributed by atoms with Gasteiger partial charge in [-0.05, 0) is 52.2 Å². The lowest BCUT2D eigenvalue weighted by molar-refractivity contribution is -0.384. The van der Waals surface area contributed by atoms with Gasteiger partial charge in [0.05, 0.1) is 17.1 Å². The Morgan fingerprint density at radius 2 is 1.77 bits per heavy atom. The molecule has 0 aliphatic rings. The molecule has 0 N–H and O–H groups in total. The Labute approximate surface area is 155 Å². The summed E-state index contributed by atoms with van der Waals surface area (Å²) in [4.78, 5) is 22.3. The van der Waals surface area contributed by atoms with E-state index in [2.05, 4.69) is 46.8 Å². The summed E-state index contributed by atoms with van der Waals surface area (Å²) in [6.07, 6.45) is 7.33. The highest BCUT2D eigenvalue weighted by molar-refractivity contribution is 5.89. The lowest BCUT2D eigenvalue weighted by Gasteiger charge is -2.23. The molecule has 5 heteroatoms. The maximum Gasteiger partial charge on any atom is 0.338 e. The molecule has 5 nitrogen and oxygen atoms in total. The standard InChI is InChI=1S/C21H29NO4/c1-16(2)7-6-8-17(3)13-14-21(4,5)15-26-20(23)18-9-11-19(12-10-18)22(24)25/h7,9-13H,6,8,14-15H2,1-5H3. The first-order chi connectivity index (χ1) is 12.1. The molecule has 0 saturated heterocycles. The van der Waals surface area contributed by atoms with Gasteiger partial charge in [0.15, 0.2) is 0 Å². The van der Waals surface area contributed by atoms with Crippen LogP contribution in [-0.2, 0) is 4.74 Å². The molecule has 0 radical (unpaired) electrons. The molecule has 1 aromatic rings. The lowest BCUT2D eigenvalue weighted by Crippen LogP contribution is -2.21. The van der Waals surface area contributed by atoms with Gasteiger partial charge in [0.25, 0.3) is 5.69 Å². The number of allylic oxidation sites excluding steroid dienone is 4. The minimum absolute atomic E-state index is 0.0457. The number of benzene rings is 1. The Balaban J connectivity index is 2.52. The molecule has 0 aliphatic heterocycles. The zero-order chi connectivity index (χ0) is 19.7. The van der Waals surface area contributed by atoms with E-state index in [1.807, 2.05) is 0 Å². The van der Waals surface area contributed by atoms with Crippen molar-refractivity contribution in [1.29, 1.82) is 0 Å². The molecule has 1 aromatic carbocycles.